The molecule has 0 aliphatic rings. The van der Waals surface area contributed by atoms with E-state index in [0.29, 0.717) is 16.3 Å². The number of nitrogens with zero attached hydrogens (tertiary/aromatic N) is 1. The average molecular weight is 313 g/mol. The number of fused-ring (bicyclic) bond motifs is 1. The highest BCUT2D eigenvalue weighted by Crippen LogP contribution is 2.22. The van der Waals surface area contributed by atoms with Crippen LogP contribution in [0, 0.1) is 0 Å². The van der Waals surface area contributed by atoms with Crippen LogP contribution in [0.25, 0.3) is 10.9 Å². The van der Waals surface area contributed by atoms with E-state index in [0.717, 1.165) is 16.7 Å². The molecule has 3 rings (SSSR count). The van der Waals surface area contributed by atoms with Gasteiger partial charge in [-0.2, -0.15) is 0 Å². The quantitative estimate of drug-likeness (QED) is 0.790. The first-order chi connectivity index (χ1) is 10.7. The van der Waals surface area contributed by atoms with E-state index in [1.54, 1.807) is 37.6 Å². The lowest BCUT2D eigenvalue weighted by molar-refractivity contribution is 0.102. The molecule has 1 heterocycles. The lowest BCUT2D eigenvalue weighted by Crippen LogP contribution is -2.11. The molecule has 0 saturated heterocycles. The van der Waals surface area contributed by atoms with Crippen molar-refractivity contribution in [2.45, 2.75) is 0 Å². The predicted octanol–water partition coefficient (Wildman–Crippen LogP) is 4.15. The number of hydrogen-bond donors (Lipinski definition) is 1. The van der Waals surface area contributed by atoms with Gasteiger partial charge in [-0.05, 0) is 36.4 Å². The van der Waals surface area contributed by atoms with E-state index in [9.17, 15) is 4.79 Å². The van der Waals surface area contributed by atoms with Crippen LogP contribution in [-0.2, 0) is 0 Å². The zero-order valence-electron chi connectivity index (χ0n) is 11.8. The fourth-order valence-electron chi connectivity index (χ4n) is 2.13. The number of anilines is 1. The summed E-state index contributed by atoms with van der Waals surface area (Å²) in [5, 5.41) is 4.26. The van der Waals surface area contributed by atoms with Crippen LogP contribution in [-0.4, -0.2) is 18.0 Å². The smallest absolute Gasteiger partial charge is 0.255 e. The van der Waals surface area contributed by atoms with Crippen molar-refractivity contribution in [1.29, 1.82) is 0 Å². The minimum atomic E-state index is -0.225. The predicted molar refractivity (Wildman–Crippen MR) is 87.7 cm³/mol. The van der Waals surface area contributed by atoms with Crippen LogP contribution in [0.1, 0.15) is 10.4 Å². The molecule has 0 radical (unpaired) electrons. The molecule has 4 nitrogen and oxygen atoms in total. The molecule has 0 atom stereocenters. The van der Waals surface area contributed by atoms with Gasteiger partial charge in [0.05, 0.1) is 24.5 Å². The molecule has 5 heteroatoms. The molecule has 22 heavy (non-hydrogen) atoms. The molecule has 1 amide bonds. The number of carbonyl (C=O) groups excluding carboxylic acids is 1. The van der Waals surface area contributed by atoms with E-state index in [1.165, 1.54) is 0 Å². The molecule has 3 aromatic rings. The Balaban J connectivity index is 1.86. The maximum absolute atomic E-state index is 12.2. The zero-order valence-corrected chi connectivity index (χ0v) is 12.6. The van der Waals surface area contributed by atoms with Crippen molar-refractivity contribution >= 4 is 34.1 Å². The standard InChI is InChI=1S/C17H13ClN2O2/c1-22-15-6-5-11-8-14(10-19-16(11)9-15)20-17(21)12-3-2-4-13(18)7-12/h2-10H,1H3,(H,20,21). The van der Waals surface area contributed by atoms with Gasteiger partial charge in [0.25, 0.3) is 5.91 Å². The number of pyridine rings is 1. The van der Waals surface area contributed by atoms with Crippen LogP contribution in [0.5, 0.6) is 5.75 Å². The fourth-order valence-corrected chi connectivity index (χ4v) is 2.32. The normalized spacial score (nSPS) is 10.5. The highest BCUT2D eigenvalue weighted by Gasteiger charge is 2.07. The Hall–Kier alpha value is -2.59. The zero-order chi connectivity index (χ0) is 15.5. The Bertz CT molecular complexity index is 849. The van der Waals surface area contributed by atoms with Crippen molar-refractivity contribution in [2.75, 3.05) is 12.4 Å². The number of halogens is 1. The van der Waals surface area contributed by atoms with Crippen molar-refractivity contribution in [2.24, 2.45) is 0 Å². The summed E-state index contributed by atoms with van der Waals surface area (Å²) in [4.78, 5) is 16.5. The first-order valence-electron chi connectivity index (χ1n) is 6.66. The Labute approximate surface area is 132 Å². The molecule has 0 aliphatic heterocycles. The Morgan fingerprint density at radius 3 is 2.82 bits per heavy atom. The molecule has 2 aromatic carbocycles. The van der Waals surface area contributed by atoms with Crippen molar-refractivity contribution in [3.8, 4) is 5.75 Å². The van der Waals surface area contributed by atoms with Crippen molar-refractivity contribution < 1.29 is 9.53 Å². The van der Waals surface area contributed by atoms with Crippen LogP contribution in [0.2, 0.25) is 5.02 Å². The van der Waals surface area contributed by atoms with Gasteiger partial charge in [0.15, 0.2) is 0 Å². The molecule has 0 bridgehead atoms. The highest BCUT2D eigenvalue weighted by molar-refractivity contribution is 6.31. The number of ether oxygens (including phenoxy) is 1. The topological polar surface area (TPSA) is 51.2 Å². The number of nitrogens with one attached hydrogen (secondary N) is 1. The molecular weight excluding hydrogens is 300 g/mol. The largest absolute Gasteiger partial charge is 0.497 e. The Kier molecular flexibility index (Phi) is 3.94. The van der Waals surface area contributed by atoms with Crippen LogP contribution in [0.3, 0.4) is 0 Å². The van der Waals surface area contributed by atoms with Crippen molar-refractivity contribution in [3.05, 3.63) is 65.3 Å². The van der Waals surface area contributed by atoms with Gasteiger partial charge in [-0.15, -0.1) is 0 Å². The third kappa shape index (κ3) is 3.02. The summed E-state index contributed by atoms with van der Waals surface area (Å²) in [5.74, 6) is 0.521. The van der Waals surface area contributed by atoms with E-state index in [4.69, 9.17) is 16.3 Å². The summed E-state index contributed by atoms with van der Waals surface area (Å²) in [6, 6.07) is 14.3. The number of benzene rings is 2. The summed E-state index contributed by atoms with van der Waals surface area (Å²) in [6.45, 7) is 0. The molecule has 0 fully saturated rings. The number of carbonyl (C=O) groups is 1. The highest BCUT2D eigenvalue weighted by atomic mass is 35.5. The summed E-state index contributed by atoms with van der Waals surface area (Å²) < 4.78 is 5.16. The third-order valence-corrected chi connectivity index (χ3v) is 3.47. The monoisotopic (exact) mass is 312 g/mol. The Morgan fingerprint density at radius 1 is 1.18 bits per heavy atom. The second kappa shape index (κ2) is 6.03. The van der Waals surface area contributed by atoms with Crippen LogP contribution in [0.4, 0.5) is 5.69 Å². The molecular formula is C17H13ClN2O2. The van der Waals surface area contributed by atoms with Gasteiger partial charge >= 0.3 is 0 Å². The molecule has 110 valence electrons. The maximum Gasteiger partial charge on any atom is 0.255 e. The fraction of sp³-hybridized carbons (Fsp3) is 0.0588. The maximum atomic E-state index is 12.2. The second-order valence-electron chi connectivity index (χ2n) is 4.75. The number of rotatable bonds is 3. The molecule has 0 spiro atoms. The minimum absolute atomic E-state index is 0.225. The minimum Gasteiger partial charge on any atom is -0.497 e. The molecule has 0 unspecified atom stereocenters. The molecule has 1 aromatic heterocycles. The van der Waals surface area contributed by atoms with E-state index in [-0.39, 0.29) is 5.91 Å². The van der Waals surface area contributed by atoms with E-state index >= 15 is 0 Å². The molecule has 0 saturated carbocycles. The van der Waals surface area contributed by atoms with Crippen LogP contribution >= 0.6 is 11.6 Å². The molecule has 0 aliphatic carbocycles. The van der Waals surface area contributed by atoms with Gasteiger partial charge in [0.1, 0.15) is 5.75 Å². The van der Waals surface area contributed by atoms with Gasteiger partial charge < -0.3 is 10.1 Å². The van der Waals surface area contributed by atoms with E-state index in [2.05, 4.69) is 10.3 Å². The van der Waals surface area contributed by atoms with Crippen molar-refractivity contribution in [1.82, 2.24) is 4.98 Å². The van der Waals surface area contributed by atoms with Gasteiger partial charge in [-0.1, -0.05) is 17.7 Å². The molecule has 1 N–H and O–H groups in total. The van der Waals surface area contributed by atoms with Gasteiger partial charge in [-0.3, -0.25) is 9.78 Å². The lowest BCUT2D eigenvalue weighted by atomic mass is 10.2. The number of amides is 1. The summed E-state index contributed by atoms with van der Waals surface area (Å²) in [5.41, 5.74) is 1.94. The van der Waals surface area contributed by atoms with Gasteiger partial charge in [0.2, 0.25) is 0 Å². The van der Waals surface area contributed by atoms with Gasteiger partial charge in [-0.25, -0.2) is 0 Å². The third-order valence-electron chi connectivity index (χ3n) is 3.24. The van der Waals surface area contributed by atoms with Gasteiger partial charge in [0, 0.05) is 22.0 Å². The number of hydrogen-bond acceptors (Lipinski definition) is 3. The first-order valence-corrected chi connectivity index (χ1v) is 7.04. The van der Waals surface area contributed by atoms with E-state index in [1.807, 2.05) is 24.3 Å². The summed E-state index contributed by atoms with van der Waals surface area (Å²) >= 11 is 5.89. The number of methoxy groups -OCH3 is 1. The SMILES string of the molecule is COc1ccc2cc(NC(=O)c3cccc(Cl)c3)cnc2c1. The summed E-state index contributed by atoms with van der Waals surface area (Å²) in [7, 11) is 1.61. The average Bonchev–Trinajstić information content (AvgIpc) is 2.54. The van der Waals surface area contributed by atoms with Crippen molar-refractivity contribution in [3.63, 3.8) is 0 Å². The van der Waals surface area contributed by atoms with Crippen LogP contribution in [0.15, 0.2) is 54.7 Å². The van der Waals surface area contributed by atoms with Crippen LogP contribution < -0.4 is 10.1 Å². The first kappa shape index (κ1) is 14.4. The van der Waals surface area contributed by atoms with E-state index < -0.39 is 0 Å². The summed E-state index contributed by atoms with van der Waals surface area (Å²) in [6.07, 6.45) is 1.62. The Morgan fingerprint density at radius 2 is 2.05 bits per heavy atom. The lowest BCUT2D eigenvalue weighted by Gasteiger charge is -2.07. The second-order valence-corrected chi connectivity index (χ2v) is 5.18. The number of aromatic nitrogens is 1.